The normalized spacial score (nSPS) is 32.0. The summed E-state index contributed by atoms with van der Waals surface area (Å²) >= 11 is 0. The second-order valence-corrected chi connectivity index (χ2v) is 6.68. The molecule has 116 valence electrons. The van der Waals surface area contributed by atoms with Crippen LogP contribution in [0.5, 0.6) is 0 Å². The van der Waals surface area contributed by atoms with Gasteiger partial charge in [-0.05, 0) is 55.9 Å². The van der Waals surface area contributed by atoms with E-state index in [0.29, 0.717) is 5.57 Å². The molecule has 0 aromatic rings. The van der Waals surface area contributed by atoms with E-state index in [2.05, 4.69) is 36.4 Å². The molecule has 3 aliphatic rings. The van der Waals surface area contributed by atoms with Crippen LogP contribution in [0.2, 0.25) is 0 Å². The molecule has 3 aliphatic carbocycles. The van der Waals surface area contributed by atoms with Crippen LogP contribution in [0.15, 0.2) is 35.1 Å². The highest BCUT2D eigenvalue weighted by atomic mass is 14.7. The number of allylic oxidation sites excluding steroid dienone is 6. The monoisotopic (exact) mass is 304 g/mol. The average molecular weight is 304 g/mol. The second kappa shape index (κ2) is 5.94. The first kappa shape index (κ1) is 15.4. The van der Waals surface area contributed by atoms with E-state index in [9.17, 15) is 15.8 Å². The van der Waals surface area contributed by atoms with E-state index in [0.717, 1.165) is 44.1 Å². The number of rotatable bonds is 1. The van der Waals surface area contributed by atoms with Gasteiger partial charge in [0.15, 0.2) is 5.41 Å². The van der Waals surface area contributed by atoms with Gasteiger partial charge in [-0.2, -0.15) is 15.8 Å². The molecule has 4 heteroatoms. The summed E-state index contributed by atoms with van der Waals surface area (Å²) in [6.45, 7) is 0. The van der Waals surface area contributed by atoms with Crippen LogP contribution in [0.25, 0.3) is 0 Å². The van der Waals surface area contributed by atoms with E-state index in [-0.39, 0.29) is 23.5 Å². The molecular weight excluding hydrogens is 284 g/mol. The molecule has 2 N–H and O–H groups in total. The number of hydrogen-bond acceptors (Lipinski definition) is 4. The molecule has 0 aliphatic heterocycles. The maximum absolute atomic E-state index is 9.88. The maximum Gasteiger partial charge on any atom is 0.187 e. The smallest absolute Gasteiger partial charge is 0.187 e. The molecule has 0 unspecified atom stereocenters. The van der Waals surface area contributed by atoms with Crippen LogP contribution in [-0.2, 0) is 0 Å². The predicted molar refractivity (Wildman–Crippen MR) is 85.9 cm³/mol. The Balaban J connectivity index is 2.24. The van der Waals surface area contributed by atoms with Gasteiger partial charge >= 0.3 is 0 Å². The molecule has 0 heterocycles. The molecule has 4 nitrogen and oxygen atoms in total. The van der Waals surface area contributed by atoms with Crippen molar-refractivity contribution in [3.05, 3.63) is 35.1 Å². The van der Waals surface area contributed by atoms with E-state index < -0.39 is 5.41 Å². The van der Waals surface area contributed by atoms with Crippen molar-refractivity contribution in [2.24, 2.45) is 28.9 Å². The lowest BCUT2D eigenvalue weighted by atomic mass is 9.54. The zero-order valence-corrected chi connectivity index (χ0v) is 13.1. The fourth-order valence-electron chi connectivity index (χ4n) is 4.57. The lowest BCUT2D eigenvalue weighted by Crippen LogP contribution is -2.47. The van der Waals surface area contributed by atoms with Gasteiger partial charge in [0.2, 0.25) is 0 Å². The van der Waals surface area contributed by atoms with Gasteiger partial charge in [-0.15, -0.1) is 0 Å². The van der Waals surface area contributed by atoms with Gasteiger partial charge in [-0.3, -0.25) is 0 Å². The molecular formula is C19H20N4. The Morgan fingerprint density at radius 3 is 2.43 bits per heavy atom. The quantitative estimate of drug-likeness (QED) is 0.750. The molecule has 0 spiro atoms. The van der Waals surface area contributed by atoms with Crippen LogP contribution in [0.4, 0.5) is 0 Å². The highest BCUT2D eigenvalue weighted by Crippen LogP contribution is 2.55. The Morgan fingerprint density at radius 2 is 1.83 bits per heavy atom. The molecule has 0 amide bonds. The Kier molecular flexibility index (Phi) is 3.97. The first-order valence-electron chi connectivity index (χ1n) is 8.29. The number of hydrogen-bond donors (Lipinski definition) is 1. The minimum absolute atomic E-state index is 0.0812. The predicted octanol–water partition coefficient (Wildman–Crippen LogP) is 3.47. The summed E-state index contributed by atoms with van der Waals surface area (Å²) in [6, 6.07) is 6.58. The first-order valence-corrected chi connectivity index (χ1v) is 8.29. The third kappa shape index (κ3) is 2.16. The first-order chi connectivity index (χ1) is 11.2. The van der Waals surface area contributed by atoms with Gasteiger partial charge in [0.25, 0.3) is 0 Å². The Morgan fingerprint density at radius 1 is 1.09 bits per heavy atom. The number of nitriles is 3. The zero-order valence-electron chi connectivity index (χ0n) is 13.1. The van der Waals surface area contributed by atoms with E-state index in [1.54, 1.807) is 0 Å². The molecule has 0 aromatic carbocycles. The number of fused-ring (bicyclic) bond motifs is 1. The number of nitrogens with zero attached hydrogens (tertiary/aromatic N) is 3. The van der Waals surface area contributed by atoms with Crippen molar-refractivity contribution in [1.29, 1.82) is 15.8 Å². The van der Waals surface area contributed by atoms with E-state index in [1.807, 2.05) is 0 Å². The molecule has 0 aromatic heterocycles. The molecule has 0 saturated heterocycles. The summed E-state index contributed by atoms with van der Waals surface area (Å²) in [4.78, 5) is 0. The van der Waals surface area contributed by atoms with Crippen LogP contribution < -0.4 is 5.73 Å². The molecule has 0 fully saturated rings. The molecule has 0 saturated carbocycles. The summed E-state index contributed by atoms with van der Waals surface area (Å²) in [6.07, 6.45) is 12.4. The maximum atomic E-state index is 9.88. The lowest BCUT2D eigenvalue weighted by molar-refractivity contribution is 0.167. The van der Waals surface area contributed by atoms with Crippen molar-refractivity contribution in [3.8, 4) is 18.2 Å². The SMILES string of the molecule is N#CC1=C(N)C(C#N)(C#N)[C@H]([C@@H]2C=CCCC2)[C@@H]2CCCC=C12. The van der Waals surface area contributed by atoms with E-state index in [4.69, 9.17) is 5.73 Å². The topological polar surface area (TPSA) is 97.4 Å². The second-order valence-electron chi connectivity index (χ2n) is 6.68. The van der Waals surface area contributed by atoms with Crippen LogP contribution in [0.1, 0.15) is 38.5 Å². The van der Waals surface area contributed by atoms with Gasteiger partial charge in [0, 0.05) is 5.92 Å². The molecule has 0 bridgehead atoms. The summed E-state index contributed by atoms with van der Waals surface area (Å²) in [5.41, 5.74) is 6.36. The lowest BCUT2D eigenvalue weighted by Gasteiger charge is -2.46. The van der Waals surface area contributed by atoms with Crippen LogP contribution >= 0.6 is 0 Å². The minimum atomic E-state index is -1.39. The largest absolute Gasteiger partial charge is 0.399 e. The fraction of sp³-hybridized carbons (Fsp3) is 0.526. The van der Waals surface area contributed by atoms with Crippen molar-refractivity contribution >= 4 is 0 Å². The summed E-state index contributed by atoms with van der Waals surface area (Å²) in [7, 11) is 0. The van der Waals surface area contributed by atoms with E-state index in [1.165, 1.54) is 0 Å². The highest BCUT2D eigenvalue weighted by molar-refractivity contribution is 5.56. The van der Waals surface area contributed by atoms with Gasteiger partial charge in [-0.1, -0.05) is 18.2 Å². The third-order valence-electron chi connectivity index (χ3n) is 5.62. The number of nitrogens with two attached hydrogens (primary N) is 1. The van der Waals surface area contributed by atoms with Crippen molar-refractivity contribution < 1.29 is 0 Å². The van der Waals surface area contributed by atoms with Crippen LogP contribution in [-0.4, -0.2) is 0 Å². The summed E-state index contributed by atoms with van der Waals surface area (Å²) in [5, 5.41) is 29.3. The van der Waals surface area contributed by atoms with Gasteiger partial charge < -0.3 is 5.73 Å². The van der Waals surface area contributed by atoms with Gasteiger partial charge in [0.05, 0.1) is 23.4 Å². The zero-order chi connectivity index (χ0) is 16.4. The molecule has 3 atom stereocenters. The fourth-order valence-corrected chi connectivity index (χ4v) is 4.57. The molecule has 3 rings (SSSR count). The van der Waals surface area contributed by atoms with Crippen molar-refractivity contribution in [2.75, 3.05) is 0 Å². The van der Waals surface area contributed by atoms with Crippen LogP contribution in [0.3, 0.4) is 0 Å². The summed E-state index contributed by atoms with van der Waals surface area (Å²) < 4.78 is 0. The minimum Gasteiger partial charge on any atom is -0.399 e. The van der Waals surface area contributed by atoms with Crippen molar-refractivity contribution in [3.63, 3.8) is 0 Å². The molecule has 23 heavy (non-hydrogen) atoms. The van der Waals surface area contributed by atoms with Crippen molar-refractivity contribution in [1.82, 2.24) is 0 Å². The average Bonchev–Trinajstić information content (AvgIpc) is 2.61. The van der Waals surface area contributed by atoms with Gasteiger partial charge in [0.1, 0.15) is 6.07 Å². The standard InChI is InChI=1S/C19H20N4/c20-10-16-14-8-4-5-9-15(14)17(13-6-2-1-3-7-13)19(11-21,12-22)18(16)23/h2,6,8,13,15,17H,1,3-5,7,9,23H2/t13-,15-,17-/m1/s1. The third-order valence-corrected chi connectivity index (χ3v) is 5.62. The Hall–Kier alpha value is -2.51. The van der Waals surface area contributed by atoms with E-state index >= 15 is 0 Å². The van der Waals surface area contributed by atoms with Crippen molar-refractivity contribution in [2.45, 2.75) is 38.5 Å². The Labute approximate surface area is 137 Å². The van der Waals surface area contributed by atoms with Crippen LogP contribution in [0, 0.1) is 57.2 Å². The summed E-state index contributed by atoms with van der Waals surface area (Å²) in [5.74, 6) is 0.101. The molecule has 0 radical (unpaired) electrons. The van der Waals surface area contributed by atoms with Gasteiger partial charge in [-0.25, -0.2) is 0 Å². The Bertz CT molecular complexity index is 706. The highest BCUT2D eigenvalue weighted by Gasteiger charge is 2.55.